The molecule has 0 fully saturated rings. The van der Waals surface area contributed by atoms with Crippen LogP contribution in [0.2, 0.25) is 0 Å². The van der Waals surface area contributed by atoms with E-state index in [1.807, 2.05) is 6.33 Å². The Balaban J connectivity index is 1.93. The lowest BCUT2D eigenvalue weighted by molar-refractivity contribution is 0.368. The van der Waals surface area contributed by atoms with Crippen LogP contribution in [-0.4, -0.2) is 16.1 Å². The van der Waals surface area contributed by atoms with Crippen LogP contribution in [0, 0.1) is 6.92 Å². The van der Waals surface area contributed by atoms with Gasteiger partial charge in [-0.05, 0) is 26.3 Å². The van der Waals surface area contributed by atoms with Crippen molar-refractivity contribution in [2.45, 2.75) is 39.3 Å². The van der Waals surface area contributed by atoms with Crippen molar-refractivity contribution in [3.63, 3.8) is 0 Å². The van der Waals surface area contributed by atoms with E-state index in [1.165, 1.54) is 22.5 Å². The van der Waals surface area contributed by atoms with Gasteiger partial charge in [0.2, 0.25) is 0 Å². The quantitative estimate of drug-likeness (QED) is 0.894. The van der Waals surface area contributed by atoms with Crippen LogP contribution in [0.4, 0.5) is 0 Å². The Bertz CT molecular complexity index is 596. The highest BCUT2D eigenvalue weighted by Crippen LogP contribution is 2.26. The van der Waals surface area contributed by atoms with E-state index in [4.69, 9.17) is 0 Å². The van der Waals surface area contributed by atoms with Crippen molar-refractivity contribution < 1.29 is 0 Å². The fourth-order valence-corrected chi connectivity index (χ4v) is 2.91. The van der Waals surface area contributed by atoms with Crippen molar-refractivity contribution in [2.75, 3.05) is 6.54 Å². The summed E-state index contributed by atoms with van der Waals surface area (Å²) in [5.74, 6) is 0. The fraction of sp³-hybridized carbons (Fsp3) is 0.438. The van der Waals surface area contributed by atoms with Crippen LogP contribution < -0.4 is 5.32 Å². The molecule has 0 spiro atoms. The van der Waals surface area contributed by atoms with Crippen LogP contribution in [0.15, 0.2) is 30.6 Å². The summed E-state index contributed by atoms with van der Waals surface area (Å²) in [5.41, 5.74) is 5.23. The van der Waals surface area contributed by atoms with Gasteiger partial charge in [0.15, 0.2) is 0 Å². The summed E-state index contributed by atoms with van der Waals surface area (Å²) >= 11 is 0. The molecule has 3 nitrogen and oxygen atoms in total. The molecule has 0 saturated carbocycles. The largest absolute Gasteiger partial charge is 0.330 e. The van der Waals surface area contributed by atoms with Crippen molar-refractivity contribution in [2.24, 2.45) is 0 Å². The molecular weight excluding hydrogens is 234 g/mol. The van der Waals surface area contributed by atoms with E-state index in [-0.39, 0.29) is 5.54 Å². The van der Waals surface area contributed by atoms with Crippen molar-refractivity contribution >= 4 is 0 Å². The molecule has 1 aliphatic rings. The average Bonchev–Trinajstić information content (AvgIpc) is 2.74. The summed E-state index contributed by atoms with van der Waals surface area (Å²) in [6.45, 7) is 8.49. The van der Waals surface area contributed by atoms with Crippen molar-refractivity contribution in [1.82, 2.24) is 14.9 Å². The van der Waals surface area contributed by atoms with Gasteiger partial charge in [0.25, 0.3) is 0 Å². The lowest BCUT2D eigenvalue weighted by Crippen LogP contribution is -2.43. The fourth-order valence-electron chi connectivity index (χ4n) is 2.91. The Hall–Kier alpha value is -1.61. The van der Waals surface area contributed by atoms with Gasteiger partial charge in [-0.3, -0.25) is 0 Å². The van der Waals surface area contributed by atoms with Gasteiger partial charge in [-0.25, -0.2) is 4.98 Å². The normalized spacial score (nSPS) is 17.2. The second kappa shape index (κ2) is 4.49. The molecule has 1 aromatic heterocycles. The van der Waals surface area contributed by atoms with Crippen LogP contribution in [0.25, 0.3) is 0 Å². The third kappa shape index (κ3) is 2.30. The molecule has 0 unspecified atom stereocenters. The van der Waals surface area contributed by atoms with E-state index in [9.17, 15) is 0 Å². The number of nitrogens with one attached hydrogen (secondary N) is 1. The molecule has 0 radical (unpaired) electrons. The highest BCUT2D eigenvalue weighted by molar-refractivity contribution is 5.27. The van der Waals surface area contributed by atoms with Gasteiger partial charge in [-0.2, -0.15) is 0 Å². The molecule has 2 heterocycles. The number of hydrogen-bond donors (Lipinski definition) is 1. The van der Waals surface area contributed by atoms with Gasteiger partial charge in [0.05, 0.1) is 17.6 Å². The molecule has 0 amide bonds. The number of aromatic nitrogens is 2. The number of benzene rings is 1. The maximum atomic E-state index is 4.63. The van der Waals surface area contributed by atoms with Gasteiger partial charge in [-0.15, -0.1) is 0 Å². The SMILES string of the molecule is Cc1cccc(Cn2cnc3c2CCNC3(C)C)c1. The monoisotopic (exact) mass is 255 g/mol. The first-order valence-corrected chi connectivity index (χ1v) is 6.91. The van der Waals surface area contributed by atoms with Crippen molar-refractivity contribution in [1.29, 1.82) is 0 Å². The predicted molar refractivity (Wildman–Crippen MR) is 77.2 cm³/mol. The number of nitrogens with zero attached hydrogens (tertiary/aromatic N) is 2. The minimum absolute atomic E-state index is 0.00849. The summed E-state index contributed by atoms with van der Waals surface area (Å²) in [6.07, 6.45) is 3.05. The zero-order valence-corrected chi connectivity index (χ0v) is 11.9. The molecule has 0 bridgehead atoms. The Kier molecular flexibility index (Phi) is 2.94. The minimum atomic E-state index is -0.00849. The molecule has 19 heavy (non-hydrogen) atoms. The molecule has 1 N–H and O–H groups in total. The standard InChI is InChI=1S/C16H21N3/c1-12-5-4-6-13(9-12)10-19-11-17-15-14(19)7-8-18-16(15,2)3/h4-6,9,11,18H,7-8,10H2,1-3H3. The van der Waals surface area contributed by atoms with E-state index < -0.39 is 0 Å². The Morgan fingerprint density at radius 3 is 3.00 bits per heavy atom. The van der Waals surface area contributed by atoms with Crippen LogP contribution in [0.3, 0.4) is 0 Å². The van der Waals surface area contributed by atoms with Crippen LogP contribution in [0.5, 0.6) is 0 Å². The van der Waals surface area contributed by atoms with Crippen LogP contribution in [0.1, 0.15) is 36.4 Å². The number of rotatable bonds is 2. The maximum absolute atomic E-state index is 4.63. The first-order chi connectivity index (χ1) is 9.06. The zero-order chi connectivity index (χ0) is 13.5. The molecule has 0 saturated heterocycles. The lowest BCUT2D eigenvalue weighted by atomic mass is 9.93. The Morgan fingerprint density at radius 2 is 2.21 bits per heavy atom. The summed E-state index contributed by atoms with van der Waals surface area (Å²) in [4.78, 5) is 4.63. The van der Waals surface area contributed by atoms with Crippen molar-refractivity contribution in [3.8, 4) is 0 Å². The molecule has 1 aliphatic heterocycles. The first kappa shape index (κ1) is 12.4. The van der Waals surface area contributed by atoms with E-state index >= 15 is 0 Å². The summed E-state index contributed by atoms with van der Waals surface area (Å²) in [5, 5.41) is 3.53. The number of hydrogen-bond acceptors (Lipinski definition) is 2. The Morgan fingerprint density at radius 1 is 1.37 bits per heavy atom. The zero-order valence-electron chi connectivity index (χ0n) is 11.9. The van der Waals surface area contributed by atoms with E-state index in [0.717, 1.165) is 19.5 Å². The van der Waals surface area contributed by atoms with Gasteiger partial charge < -0.3 is 9.88 Å². The Labute approximate surface area is 114 Å². The molecule has 0 atom stereocenters. The molecule has 3 rings (SSSR count). The second-order valence-corrected chi connectivity index (χ2v) is 5.96. The smallest absolute Gasteiger partial charge is 0.0955 e. The van der Waals surface area contributed by atoms with E-state index in [0.29, 0.717) is 0 Å². The van der Waals surface area contributed by atoms with Gasteiger partial charge in [0.1, 0.15) is 0 Å². The molecule has 1 aromatic carbocycles. The van der Waals surface area contributed by atoms with Gasteiger partial charge >= 0.3 is 0 Å². The third-order valence-electron chi connectivity index (χ3n) is 3.90. The van der Waals surface area contributed by atoms with E-state index in [2.05, 4.69) is 59.9 Å². The van der Waals surface area contributed by atoms with E-state index in [1.54, 1.807) is 0 Å². The number of aryl methyl sites for hydroxylation is 1. The highest BCUT2D eigenvalue weighted by Gasteiger charge is 2.30. The predicted octanol–water partition coefficient (Wildman–Crippen LogP) is 2.62. The number of imidazole rings is 1. The van der Waals surface area contributed by atoms with Crippen LogP contribution in [-0.2, 0) is 18.5 Å². The van der Waals surface area contributed by atoms with Crippen molar-refractivity contribution in [3.05, 3.63) is 53.1 Å². The average molecular weight is 255 g/mol. The molecular formula is C16H21N3. The summed E-state index contributed by atoms with van der Waals surface area (Å²) in [7, 11) is 0. The second-order valence-electron chi connectivity index (χ2n) is 5.96. The first-order valence-electron chi connectivity index (χ1n) is 6.91. The van der Waals surface area contributed by atoms with Gasteiger partial charge in [0, 0.05) is 25.2 Å². The number of fused-ring (bicyclic) bond motifs is 1. The summed E-state index contributed by atoms with van der Waals surface area (Å²) in [6, 6.07) is 8.70. The lowest BCUT2D eigenvalue weighted by Gasteiger charge is -2.30. The van der Waals surface area contributed by atoms with Crippen LogP contribution >= 0.6 is 0 Å². The molecule has 0 aliphatic carbocycles. The maximum Gasteiger partial charge on any atom is 0.0955 e. The van der Waals surface area contributed by atoms with Gasteiger partial charge in [-0.1, -0.05) is 29.8 Å². The summed E-state index contributed by atoms with van der Waals surface area (Å²) < 4.78 is 2.30. The minimum Gasteiger partial charge on any atom is -0.330 e. The third-order valence-corrected chi connectivity index (χ3v) is 3.90. The molecule has 2 aromatic rings. The molecule has 3 heteroatoms. The highest BCUT2D eigenvalue weighted by atomic mass is 15.1. The molecule has 100 valence electrons. The topological polar surface area (TPSA) is 29.9 Å².